The van der Waals surface area contributed by atoms with E-state index in [1.807, 2.05) is 27.7 Å². The number of ether oxygens (including phenoxy) is 1. The molecule has 2 heterocycles. The van der Waals surface area contributed by atoms with E-state index in [4.69, 9.17) is 16.3 Å². The molecule has 0 aromatic carbocycles. The number of rotatable bonds is 4. The Kier molecular flexibility index (Phi) is 6.75. The van der Waals surface area contributed by atoms with Gasteiger partial charge in [-0.3, -0.25) is 25.3 Å². The van der Waals surface area contributed by atoms with Crippen molar-refractivity contribution in [1.29, 1.82) is 0 Å². The highest BCUT2D eigenvalue weighted by Gasteiger charge is 2.34. The number of morpholine rings is 1. The highest BCUT2D eigenvalue weighted by Crippen LogP contribution is 2.18. The Hall–Kier alpha value is -1.70. The molecule has 0 aliphatic carbocycles. The molecule has 0 radical (unpaired) electrons. The van der Waals surface area contributed by atoms with Gasteiger partial charge in [0.25, 0.3) is 11.8 Å². The van der Waals surface area contributed by atoms with Gasteiger partial charge in [0.2, 0.25) is 0 Å². The summed E-state index contributed by atoms with van der Waals surface area (Å²) in [7, 11) is 0. The summed E-state index contributed by atoms with van der Waals surface area (Å²) < 4.78 is 5.73. The zero-order valence-corrected chi connectivity index (χ0v) is 15.7. The molecule has 0 bridgehead atoms. The first-order valence-corrected chi connectivity index (χ1v) is 8.77. The summed E-state index contributed by atoms with van der Waals surface area (Å²) in [6.07, 6.45) is 1.48. The van der Waals surface area contributed by atoms with E-state index in [2.05, 4.69) is 20.7 Å². The monoisotopic (exact) mass is 368 g/mol. The molecule has 1 aliphatic heterocycles. The van der Waals surface area contributed by atoms with Crippen molar-refractivity contribution in [1.82, 2.24) is 20.7 Å². The molecular formula is C17H25ClN4O3. The van der Waals surface area contributed by atoms with E-state index in [0.29, 0.717) is 23.8 Å². The Labute approximate surface area is 153 Å². The number of carbonyl (C=O) groups is 2. The van der Waals surface area contributed by atoms with Crippen molar-refractivity contribution in [2.75, 3.05) is 13.1 Å². The molecule has 7 nitrogen and oxygen atoms in total. The van der Waals surface area contributed by atoms with E-state index in [1.165, 1.54) is 12.3 Å². The molecule has 8 heteroatoms. The molecule has 1 aromatic heterocycles. The van der Waals surface area contributed by atoms with Crippen LogP contribution in [0, 0.1) is 5.92 Å². The first-order chi connectivity index (χ1) is 11.8. The number of pyridine rings is 1. The summed E-state index contributed by atoms with van der Waals surface area (Å²) >= 11 is 5.70. The first-order valence-electron chi connectivity index (χ1n) is 8.39. The van der Waals surface area contributed by atoms with Crippen LogP contribution in [0.2, 0.25) is 5.15 Å². The van der Waals surface area contributed by atoms with Crippen LogP contribution >= 0.6 is 11.6 Å². The van der Waals surface area contributed by atoms with Gasteiger partial charge in [0.15, 0.2) is 0 Å². The Morgan fingerprint density at radius 1 is 1.24 bits per heavy atom. The zero-order valence-electron chi connectivity index (χ0n) is 15.0. The summed E-state index contributed by atoms with van der Waals surface area (Å²) in [5, 5.41) is 0.302. The topological polar surface area (TPSA) is 83.6 Å². The average Bonchev–Trinajstić information content (AvgIpc) is 2.52. The van der Waals surface area contributed by atoms with Gasteiger partial charge in [-0.15, -0.1) is 0 Å². The number of aromatic nitrogens is 1. The Morgan fingerprint density at radius 2 is 1.88 bits per heavy atom. The predicted octanol–water partition coefficient (Wildman–Crippen LogP) is 1.63. The van der Waals surface area contributed by atoms with E-state index in [1.54, 1.807) is 6.07 Å². The molecule has 1 saturated heterocycles. The fraction of sp³-hybridized carbons (Fsp3) is 0.588. The summed E-state index contributed by atoms with van der Waals surface area (Å²) in [6, 6.07) is 2.71. The van der Waals surface area contributed by atoms with Gasteiger partial charge < -0.3 is 4.74 Å². The van der Waals surface area contributed by atoms with Crippen LogP contribution in [0.5, 0.6) is 0 Å². The maximum absolute atomic E-state index is 12.6. The normalized spacial score (nSPS) is 22.5. The SMILES string of the molecule is CC1CN(C(C(=O)NNC(=O)c2ccc(Cl)nc2)C(C)C)CC(C)O1. The average molecular weight is 369 g/mol. The van der Waals surface area contributed by atoms with E-state index in [-0.39, 0.29) is 30.1 Å². The van der Waals surface area contributed by atoms with Crippen molar-refractivity contribution in [2.45, 2.75) is 45.9 Å². The van der Waals surface area contributed by atoms with E-state index < -0.39 is 5.91 Å². The quantitative estimate of drug-likeness (QED) is 0.623. The van der Waals surface area contributed by atoms with Crippen molar-refractivity contribution >= 4 is 23.4 Å². The summed E-state index contributed by atoms with van der Waals surface area (Å²) in [5.74, 6) is -0.595. The largest absolute Gasteiger partial charge is 0.373 e. The predicted molar refractivity (Wildman–Crippen MR) is 95.1 cm³/mol. The Bertz CT molecular complexity index is 598. The lowest BCUT2D eigenvalue weighted by atomic mass is 10.00. The molecule has 2 rings (SSSR count). The molecule has 1 aliphatic rings. The smallest absolute Gasteiger partial charge is 0.271 e. The maximum Gasteiger partial charge on any atom is 0.271 e. The molecule has 2 amide bonds. The van der Waals surface area contributed by atoms with Crippen molar-refractivity contribution < 1.29 is 14.3 Å². The van der Waals surface area contributed by atoms with Gasteiger partial charge in [-0.25, -0.2) is 4.98 Å². The second-order valence-corrected chi connectivity index (χ2v) is 7.10. The number of hydrogen-bond donors (Lipinski definition) is 2. The molecule has 1 aromatic rings. The lowest BCUT2D eigenvalue weighted by molar-refractivity contribution is -0.136. The van der Waals surface area contributed by atoms with Gasteiger partial charge in [-0.05, 0) is 31.9 Å². The van der Waals surface area contributed by atoms with Gasteiger partial charge in [0, 0.05) is 19.3 Å². The van der Waals surface area contributed by atoms with Gasteiger partial charge >= 0.3 is 0 Å². The van der Waals surface area contributed by atoms with Crippen molar-refractivity contribution in [2.24, 2.45) is 5.92 Å². The third-order valence-electron chi connectivity index (χ3n) is 4.03. The second-order valence-electron chi connectivity index (χ2n) is 6.71. The Morgan fingerprint density at radius 3 is 2.40 bits per heavy atom. The Balaban J connectivity index is 1.98. The minimum Gasteiger partial charge on any atom is -0.373 e. The van der Waals surface area contributed by atoms with Crippen LogP contribution in [-0.4, -0.2) is 53.0 Å². The van der Waals surface area contributed by atoms with E-state index in [0.717, 1.165) is 0 Å². The standard InChI is InChI=1S/C17H25ClN4O3/c1-10(2)15(22-8-11(3)25-12(4)9-22)17(24)21-20-16(23)13-5-6-14(18)19-7-13/h5-7,10-12,15H,8-9H2,1-4H3,(H,20,23)(H,21,24). The number of nitrogens with one attached hydrogen (secondary N) is 2. The molecule has 25 heavy (non-hydrogen) atoms. The number of hydrogen-bond acceptors (Lipinski definition) is 5. The molecule has 0 saturated carbocycles. The van der Waals surface area contributed by atoms with Crippen LogP contribution in [0.1, 0.15) is 38.1 Å². The molecule has 0 spiro atoms. The number of carbonyl (C=O) groups excluding carboxylic acids is 2. The molecule has 3 unspecified atom stereocenters. The minimum absolute atomic E-state index is 0.0625. The number of amides is 2. The van der Waals surface area contributed by atoms with Crippen LogP contribution < -0.4 is 10.9 Å². The van der Waals surface area contributed by atoms with Crippen molar-refractivity contribution in [3.05, 3.63) is 29.0 Å². The second kappa shape index (κ2) is 8.60. The lowest BCUT2D eigenvalue weighted by Gasteiger charge is -2.40. The van der Waals surface area contributed by atoms with E-state index in [9.17, 15) is 9.59 Å². The first kappa shape index (κ1) is 19.6. The lowest BCUT2D eigenvalue weighted by Crippen LogP contribution is -2.59. The minimum atomic E-state index is -0.441. The zero-order chi connectivity index (χ0) is 18.6. The van der Waals surface area contributed by atoms with Crippen LogP contribution in [0.3, 0.4) is 0 Å². The summed E-state index contributed by atoms with van der Waals surface area (Å²) in [6.45, 7) is 9.31. The van der Waals surface area contributed by atoms with Crippen LogP contribution in [0.15, 0.2) is 18.3 Å². The fourth-order valence-electron chi connectivity index (χ4n) is 3.11. The highest BCUT2D eigenvalue weighted by molar-refractivity contribution is 6.29. The highest BCUT2D eigenvalue weighted by atomic mass is 35.5. The summed E-state index contributed by atoms with van der Waals surface area (Å²) in [5.41, 5.74) is 5.28. The van der Waals surface area contributed by atoms with Gasteiger partial charge in [-0.1, -0.05) is 25.4 Å². The third kappa shape index (κ3) is 5.39. The number of halogens is 1. The van der Waals surface area contributed by atoms with E-state index >= 15 is 0 Å². The molecule has 138 valence electrons. The van der Waals surface area contributed by atoms with Crippen molar-refractivity contribution in [3.8, 4) is 0 Å². The third-order valence-corrected chi connectivity index (χ3v) is 4.25. The van der Waals surface area contributed by atoms with Gasteiger partial charge in [0.1, 0.15) is 5.15 Å². The van der Waals surface area contributed by atoms with Crippen LogP contribution in [0.25, 0.3) is 0 Å². The maximum atomic E-state index is 12.6. The molecule has 1 fully saturated rings. The number of nitrogens with zero attached hydrogens (tertiary/aromatic N) is 2. The van der Waals surface area contributed by atoms with Crippen LogP contribution in [0.4, 0.5) is 0 Å². The van der Waals surface area contributed by atoms with Gasteiger partial charge in [-0.2, -0.15) is 0 Å². The molecule has 3 atom stereocenters. The fourth-order valence-corrected chi connectivity index (χ4v) is 3.22. The van der Waals surface area contributed by atoms with Gasteiger partial charge in [0.05, 0.1) is 23.8 Å². The molecule has 2 N–H and O–H groups in total. The molecular weight excluding hydrogens is 344 g/mol. The summed E-state index contributed by atoms with van der Waals surface area (Å²) in [4.78, 5) is 30.7. The van der Waals surface area contributed by atoms with Crippen LogP contribution in [-0.2, 0) is 9.53 Å². The van der Waals surface area contributed by atoms with Crippen molar-refractivity contribution in [3.63, 3.8) is 0 Å². The number of hydrazine groups is 1.